The minimum Gasteiger partial charge on any atom is -0.280 e. The van der Waals surface area contributed by atoms with Crippen LogP contribution in [-0.4, -0.2) is 4.98 Å². The van der Waals surface area contributed by atoms with Crippen molar-refractivity contribution in [3.8, 4) is 0 Å². The second kappa shape index (κ2) is 2.36. The van der Waals surface area contributed by atoms with Gasteiger partial charge in [0.15, 0.2) is 0 Å². The van der Waals surface area contributed by atoms with Crippen LogP contribution in [0.1, 0.15) is 5.56 Å². The van der Waals surface area contributed by atoms with Crippen molar-refractivity contribution >= 4 is 28.4 Å². The molecule has 0 unspecified atom stereocenters. The third-order valence-corrected chi connectivity index (χ3v) is 2.70. The second-order valence-corrected chi connectivity index (χ2v) is 3.57. The molecular weight excluding hydrogens is 184 g/mol. The zero-order chi connectivity index (χ0) is 8.84. The van der Waals surface area contributed by atoms with Gasteiger partial charge in [-0.3, -0.25) is 9.40 Å². The molecule has 2 aromatic rings. The summed E-state index contributed by atoms with van der Waals surface area (Å²) in [4.78, 5) is 4.29. The Hall–Kier alpha value is -1.28. The number of benzene rings is 1. The van der Waals surface area contributed by atoms with Gasteiger partial charge in [0.1, 0.15) is 0 Å². The molecule has 0 amide bonds. The maximum atomic E-state index is 6.05. The van der Waals surface area contributed by atoms with Crippen molar-refractivity contribution in [2.45, 2.75) is 6.54 Å². The highest BCUT2D eigenvalue weighted by atomic mass is 35.5. The molecule has 0 saturated heterocycles. The molecule has 1 aliphatic heterocycles. The van der Waals surface area contributed by atoms with Crippen LogP contribution in [-0.2, 0) is 6.54 Å². The molecule has 0 spiro atoms. The van der Waals surface area contributed by atoms with E-state index in [1.54, 1.807) is 4.42 Å². The summed E-state index contributed by atoms with van der Waals surface area (Å²) in [6.07, 6.45) is 1.83. The van der Waals surface area contributed by atoms with Crippen molar-refractivity contribution in [3.05, 3.63) is 36.0 Å². The topological polar surface area (TPSA) is 16.1 Å². The molecule has 0 N–H and O–H groups in total. The number of anilines is 1. The van der Waals surface area contributed by atoms with Gasteiger partial charge >= 0.3 is 0 Å². The number of nitrogens with zero attached hydrogens (tertiary/aromatic N) is 2. The first-order valence-electron chi connectivity index (χ1n) is 4.16. The molecule has 3 rings (SSSR count). The van der Waals surface area contributed by atoms with E-state index in [2.05, 4.69) is 4.98 Å². The van der Waals surface area contributed by atoms with Gasteiger partial charge in [-0.2, -0.15) is 0 Å². The summed E-state index contributed by atoms with van der Waals surface area (Å²) >= 11 is 6.05. The Morgan fingerprint density at radius 1 is 1.31 bits per heavy atom. The number of halogens is 1. The molecule has 3 heteroatoms. The van der Waals surface area contributed by atoms with Crippen LogP contribution in [0.2, 0.25) is 0 Å². The molecule has 1 aromatic carbocycles. The molecule has 2 nitrogen and oxygen atoms in total. The number of pyridine rings is 1. The van der Waals surface area contributed by atoms with Gasteiger partial charge in [0, 0.05) is 23.4 Å². The second-order valence-electron chi connectivity index (χ2n) is 3.16. The average molecular weight is 191 g/mol. The van der Waals surface area contributed by atoms with Gasteiger partial charge in [-0.15, -0.1) is 0 Å². The lowest BCUT2D eigenvalue weighted by atomic mass is 10.1. The van der Waals surface area contributed by atoms with Crippen molar-refractivity contribution in [1.29, 1.82) is 0 Å². The summed E-state index contributed by atoms with van der Waals surface area (Å²) in [7, 11) is 0. The van der Waals surface area contributed by atoms with Gasteiger partial charge in [0.05, 0.1) is 17.7 Å². The predicted molar refractivity (Wildman–Crippen MR) is 53.8 cm³/mol. The number of hydrogen-bond donors (Lipinski definition) is 0. The lowest BCUT2D eigenvalue weighted by Crippen LogP contribution is -2.01. The minimum absolute atomic E-state index is 0.778. The van der Waals surface area contributed by atoms with Crippen LogP contribution in [0.4, 0.5) is 5.69 Å². The number of aromatic nitrogens is 1. The van der Waals surface area contributed by atoms with Crippen LogP contribution in [0.15, 0.2) is 30.5 Å². The summed E-state index contributed by atoms with van der Waals surface area (Å²) < 4.78 is 1.74. The first kappa shape index (κ1) is 7.15. The van der Waals surface area contributed by atoms with Crippen LogP contribution >= 0.6 is 11.8 Å². The van der Waals surface area contributed by atoms with Gasteiger partial charge < -0.3 is 0 Å². The molecule has 0 atom stereocenters. The molecule has 0 bridgehead atoms. The van der Waals surface area contributed by atoms with Crippen molar-refractivity contribution in [2.24, 2.45) is 0 Å². The van der Waals surface area contributed by atoms with E-state index in [4.69, 9.17) is 11.8 Å². The van der Waals surface area contributed by atoms with E-state index in [0.717, 1.165) is 17.7 Å². The average Bonchev–Trinajstić information content (AvgIpc) is 2.47. The van der Waals surface area contributed by atoms with Gasteiger partial charge in [-0.05, 0) is 23.8 Å². The third-order valence-electron chi connectivity index (χ3n) is 2.40. The van der Waals surface area contributed by atoms with E-state index >= 15 is 0 Å². The summed E-state index contributed by atoms with van der Waals surface area (Å²) in [5.74, 6) is 0. The van der Waals surface area contributed by atoms with Crippen molar-refractivity contribution in [2.75, 3.05) is 4.42 Å². The quantitative estimate of drug-likeness (QED) is 0.594. The Labute approximate surface area is 80.9 Å². The molecular formula is C10H7ClN2. The minimum atomic E-state index is 0.778. The fraction of sp³-hybridized carbons (Fsp3) is 0.100. The van der Waals surface area contributed by atoms with Crippen LogP contribution in [0, 0.1) is 0 Å². The molecule has 64 valence electrons. The van der Waals surface area contributed by atoms with Gasteiger partial charge in [-0.25, -0.2) is 0 Å². The summed E-state index contributed by atoms with van der Waals surface area (Å²) in [5.41, 5.74) is 3.36. The fourth-order valence-electron chi connectivity index (χ4n) is 1.82. The monoisotopic (exact) mass is 190 g/mol. The largest absolute Gasteiger partial charge is 0.280 e. The van der Waals surface area contributed by atoms with Crippen LogP contribution in [0.3, 0.4) is 0 Å². The number of rotatable bonds is 0. The maximum Gasteiger partial charge on any atom is 0.0726 e. The molecule has 0 fully saturated rings. The summed E-state index contributed by atoms with van der Waals surface area (Å²) in [6.45, 7) is 0.778. The lowest BCUT2D eigenvalue weighted by Gasteiger charge is -2.06. The van der Waals surface area contributed by atoms with Gasteiger partial charge in [0.25, 0.3) is 0 Å². The zero-order valence-corrected chi connectivity index (χ0v) is 7.62. The Balaban J connectivity index is 2.51. The molecule has 1 aromatic heterocycles. The maximum absolute atomic E-state index is 6.05. The van der Waals surface area contributed by atoms with Gasteiger partial charge in [-0.1, -0.05) is 6.07 Å². The lowest BCUT2D eigenvalue weighted by molar-refractivity contribution is 1.10. The highest BCUT2D eigenvalue weighted by Gasteiger charge is 2.19. The van der Waals surface area contributed by atoms with Crippen molar-refractivity contribution < 1.29 is 0 Å². The van der Waals surface area contributed by atoms with E-state index in [1.807, 2.05) is 30.5 Å². The summed E-state index contributed by atoms with van der Waals surface area (Å²) in [5, 5.41) is 1.19. The van der Waals surface area contributed by atoms with E-state index in [1.165, 1.54) is 10.9 Å². The zero-order valence-electron chi connectivity index (χ0n) is 6.87. The Morgan fingerprint density at radius 3 is 3.15 bits per heavy atom. The van der Waals surface area contributed by atoms with Gasteiger partial charge in [0.2, 0.25) is 0 Å². The standard InChI is InChI=1S/C10H7ClN2/c11-13-6-7-4-5-12-8-2-1-3-9(13)10(7)8/h1-5H,6H2. The SMILES string of the molecule is ClN1Cc2ccnc3cccc1c23. The molecule has 2 heterocycles. The van der Waals surface area contributed by atoms with Crippen LogP contribution < -0.4 is 4.42 Å². The first-order chi connectivity index (χ1) is 6.36. The Bertz CT molecular complexity index is 476. The molecule has 0 aliphatic carbocycles. The highest BCUT2D eigenvalue weighted by Crippen LogP contribution is 2.36. The smallest absolute Gasteiger partial charge is 0.0726 e. The number of hydrogen-bond acceptors (Lipinski definition) is 2. The van der Waals surface area contributed by atoms with E-state index < -0.39 is 0 Å². The van der Waals surface area contributed by atoms with E-state index in [0.29, 0.717) is 0 Å². The van der Waals surface area contributed by atoms with Crippen molar-refractivity contribution in [1.82, 2.24) is 4.98 Å². The van der Waals surface area contributed by atoms with Crippen LogP contribution in [0.5, 0.6) is 0 Å². The molecule has 0 radical (unpaired) electrons. The Morgan fingerprint density at radius 2 is 2.23 bits per heavy atom. The normalized spacial score (nSPS) is 14.1. The summed E-state index contributed by atoms with van der Waals surface area (Å²) in [6, 6.07) is 8.04. The first-order valence-corrected chi connectivity index (χ1v) is 4.50. The van der Waals surface area contributed by atoms with E-state index in [-0.39, 0.29) is 0 Å². The fourth-order valence-corrected chi connectivity index (χ4v) is 2.09. The third kappa shape index (κ3) is 0.864. The highest BCUT2D eigenvalue weighted by molar-refractivity contribution is 6.28. The van der Waals surface area contributed by atoms with E-state index in [9.17, 15) is 0 Å². The molecule has 1 aliphatic rings. The predicted octanol–water partition coefficient (Wildman–Crippen LogP) is 2.71. The van der Waals surface area contributed by atoms with Crippen LogP contribution in [0.25, 0.3) is 10.9 Å². The van der Waals surface area contributed by atoms with Crippen molar-refractivity contribution in [3.63, 3.8) is 0 Å². The molecule has 0 saturated carbocycles. The molecule has 13 heavy (non-hydrogen) atoms. The Kier molecular flexibility index (Phi) is 1.30.